The summed E-state index contributed by atoms with van der Waals surface area (Å²) in [6.07, 6.45) is 4.95. The van der Waals surface area contributed by atoms with Gasteiger partial charge in [0.05, 0.1) is 42.1 Å². The van der Waals surface area contributed by atoms with Crippen molar-refractivity contribution >= 4 is 56.2 Å². The molecule has 0 aliphatic carbocycles. The number of morpholine rings is 1. The Morgan fingerprint density at radius 3 is 2.55 bits per heavy atom. The molecule has 2 saturated heterocycles. The van der Waals surface area contributed by atoms with Gasteiger partial charge in [0.25, 0.3) is 0 Å². The van der Waals surface area contributed by atoms with Gasteiger partial charge in [-0.3, -0.25) is 9.82 Å². The number of urea groups is 1. The van der Waals surface area contributed by atoms with Gasteiger partial charge in [0, 0.05) is 50.3 Å². The van der Waals surface area contributed by atoms with Gasteiger partial charge in [-0.15, -0.1) is 0 Å². The van der Waals surface area contributed by atoms with Crippen LogP contribution >= 0.6 is 0 Å². The summed E-state index contributed by atoms with van der Waals surface area (Å²) in [6.45, 7) is 5.66. The molecule has 5 rings (SSSR count). The van der Waals surface area contributed by atoms with Crippen molar-refractivity contribution in [3.8, 4) is 0 Å². The molecule has 38 heavy (non-hydrogen) atoms. The molecule has 0 unspecified atom stereocenters. The van der Waals surface area contributed by atoms with E-state index in [1.807, 2.05) is 48.6 Å². The Morgan fingerprint density at radius 2 is 1.82 bits per heavy atom. The molecule has 2 aromatic carbocycles. The van der Waals surface area contributed by atoms with Crippen LogP contribution in [0.5, 0.6) is 0 Å². The van der Waals surface area contributed by atoms with Crippen LogP contribution in [-0.4, -0.2) is 100 Å². The number of H-pyrrole nitrogens is 1. The van der Waals surface area contributed by atoms with E-state index in [9.17, 15) is 13.2 Å². The molecule has 12 heteroatoms. The van der Waals surface area contributed by atoms with Gasteiger partial charge in [0.1, 0.15) is 0 Å². The van der Waals surface area contributed by atoms with E-state index in [2.05, 4.69) is 37.1 Å². The van der Waals surface area contributed by atoms with Crippen molar-refractivity contribution in [2.45, 2.75) is 0 Å². The van der Waals surface area contributed by atoms with Crippen LogP contribution in [0.25, 0.3) is 23.1 Å². The topological polar surface area (TPSA) is 123 Å². The summed E-state index contributed by atoms with van der Waals surface area (Å²) in [5, 5.41) is 11.3. The predicted molar refractivity (Wildman–Crippen MR) is 151 cm³/mol. The standard InChI is InChI=1S/C26H33N7O4S/c1-31-8-10-32(11-9-31)25-18-23-21(17-24(25)30-38(2,35)36)22(28-29-23)7-6-19-4-3-5-20(16-19)27-26(34)33-12-14-37-15-13-33/h3-7,16-18,30H,8-15H2,1-2H3,(H,27,34)(H,28,29). The van der Waals surface area contributed by atoms with Gasteiger partial charge in [-0.05, 0) is 43.0 Å². The number of aromatic nitrogens is 2. The highest BCUT2D eigenvalue weighted by Crippen LogP contribution is 2.34. The lowest BCUT2D eigenvalue weighted by Gasteiger charge is -2.35. The molecule has 202 valence electrons. The highest BCUT2D eigenvalue weighted by atomic mass is 32.2. The van der Waals surface area contributed by atoms with Gasteiger partial charge < -0.3 is 24.8 Å². The number of amides is 2. The van der Waals surface area contributed by atoms with Crippen LogP contribution < -0.4 is 14.9 Å². The number of piperazine rings is 1. The van der Waals surface area contributed by atoms with E-state index in [-0.39, 0.29) is 6.03 Å². The van der Waals surface area contributed by atoms with E-state index in [0.717, 1.165) is 54.6 Å². The van der Waals surface area contributed by atoms with E-state index in [1.54, 1.807) is 4.90 Å². The molecule has 1 aromatic heterocycles. The Hall–Kier alpha value is -3.61. The number of hydrogen-bond donors (Lipinski definition) is 3. The SMILES string of the molecule is CN1CCN(c2cc3[nH]nc(C=Cc4cccc(NC(=O)N5CCOCC5)c4)c3cc2NS(C)(=O)=O)CC1. The third-order valence-corrected chi connectivity index (χ3v) is 7.31. The minimum Gasteiger partial charge on any atom is -0.378 e. The van der Waals surface area contributed by atoms with Gasteiger partial charge in [-0.1, -0.05) is 18.2 Å². The third-order valence-electron chi connectivity index (χ3n) is 6.72. The molecule has 2 fully saturated rings. The Kier molecular flexibility index (Phi) is 7.54. The number of hydrogen-bond acceptors (Lipinski definition) is 7. The number of ether oxygens (including phenoxy) is 1. The Labute approximate surface area is 222 Å². The van der Waals surface area contributed by atoms with E-state index in [4.69, 9.17) is 4.74 Å². The molecule has 0 radical (unpaired) electrons. The largest absolute Gasteiger partial charge is 0.378 e. The smallest absolute Gasteiger partial charge is 0.321 e. The fourth-order valence-corrected chi connectivity index (χ4v) is 5.22. The number of carbonyl (C=O) groups excluding carboxylic acids is 1. The summed E-state index contributed by atoms with van der Waals surface area (Å²) in [4.78, 5) is 18.7. The number of sulfonamides is 1. The molecule has 11 nitrogen and oxygen atoms in total. The number of fused-ring (bicyclic) bond motifs is 1. The van der Waals surface area contributed by atoms with E-state index < -0.39 is 10.0 Å². The van der Waals surface area contributed by atoms with Crippen molar-refractivity contribution in [1.82, 2.24) is 20.0 Å². The van der Waals surface area contributed by atoms with E-state index in [1.165, 1.54) is 0 Å². The van der Waals surface area contributed by atoms with Gasteiger partial charge in [0.2, 0.25) is 10.0 Å². The molecule has 2 aliphatic rings. The first-order chi connectivity index (χ1) is 18.2. The number of carbonyl (C=O) groups is 1. The monoisotopic (exact) mass is 539 g/mol. The van der Waals surface area contributed by atoms with Crippen molar-refractivity contribution in [3.63, 3.8) is 0 Å². The second-order valence-electron chi connectivity index (χ2n) is 9.68. The summed E-state index contributed by atoms with van der Waals surface area (Å²) in [7, 11) is -1.39. The fraction of sp³-hybridized carbons (Fsp3) is 0.385. The summed E-state index contributed by atoms with van der Waals surface area (Å²) in [5.41, 5.74) is 4.47. The minimum absolute atomic E-state index is 0.144. The molecule has 3 heterocycles. The molecule has 2 amide bonds. The van der Waals surface area contributed by atoms with Crippen molar-refractivity contribution in [1.29, 1.82) is 0 Å². The highest BCUT2D eigenvalue weighted by molar-refractivity contribution is 7.92. The van der Waals surface area contributed by atoms with Crippen LogP contribution in [0.15, 0.2) is 36.4 Å². The third kappa shape index (κ3) is 6.26. The number of aromatic amines is 1. The molecule has 0 bridgehead atoms. The van der Waals surface area contributed by atoms with E-state index >= 15 is 0 Å². The zero-order valence-electron chi connectivity index (χ0n) is 21.6. The van der Waals surface area contributed by atoms with Crippen molar-refractivity contribution < 1.29 is 17.9 Å². The summed E-state index contributed by atoms with van der Waals surface area (Å²) in [5.74, 6) is 0. The number of anilines is 3. The van der Waals surface area contributed by atoms with Crippen LogP contribution in [0.3, 0.4) is 0 Å². The number of benzene rings is 2. The second-order valence-corrected chi connectivity index (χ2v) is 11.4. The average Bonchev–Trinajstić information content (AvgIpc) is 3.29. The zero-order chi connectivity index (χ0) is 26.7. The normalized spacial score (nSPS) is 17.3. The van der Waals surface area contributed by atoms with Crippen LogP contribution in [-0.2, 0) is 14.8 Å². The summed E-state index contributed by atoms with van der Waals surface area (Å²) in [6, 6.07) is 11.2. The fourth-order valence-electron chi connectivity index (χ4n) is 4.66. The molecule has 0 spiro atoms. The number of nitrogens with zero attached hydrogens (tertiary/aromatic N) is 4. The quantitative estimate of drug-likeness (QED) is 0.440. The van der Waals surface area contributed by atoms with Crippen LogP contribution in [0.1, 0.15) is 11.3 Å². The van der Waals surface area contributed by atoms with Gasteiger partial charge in [-0.2, -0.15) is 5.10 Å². The predicted octanol–water partition coefficient (Wildman–Crippen LogP) is 2.72. The molecule has 0 saturated carbocycles. The maximum atomic E-state index is 12.5. The number of likely N-dealkylation sites (N-methyl/N-ethyl adjacent to an activating group) is 1. The maximum absolute atomic E-state index is 12.5. The minimum atomic E-state index is -3.47. The second kappa shape index (κ2) is 11.0. The average molecular weight is 540 g/mol. The highest BCUT2D eigenvalue weighted by Gasteiger charge is 2.21. The van der Waals surface area contributed by atoms with Crippen LogP contribution in [0.2, 0.25) is 0 Å². The lowest BCUT2D eigenvalue weighted by Crippen LogP contribution is -2.44. The molecule has 2 aliphatic heterocycles. The molecule has 3 aromatic rings. The van der Waals surface area contributed by atoms with Gasteiger partial charge in [-0.25, -0.2) is 13.2 Å². The molecule has 3 N–H and O–H groups in total. The van der Waals surface area contributed by atoms with Gasteiger partial charge >= 0.3 is 6.03 Å². The molecule has 0 atom stereocenters. The van der Waals surface area contributed by atoms with Crippen LogP contribution in [0.4, 0.5) is 21.9 Å². The molecular weight excluding hydrogens is 506 g/mol. The summed E-state index contributed by atoms with van der Waals surface area (Å²) < 4.78 is 32.3. The number of rotatable bonds is 6. The maximum Gasteiger partial charge on any atom is 0.321 e. The Morgan fingerprint density at radius 1 is 1.05 bits per heavy atom. The number of nitrogens with one attached hydrogen (secondary N) is 3. The van der Waals surface area contributed by atoms with Crippen molar-refractivity contribution in [2.75, 3.05) is 80.7 Å². The molecular formula is C26H33N7O4S. The first-order valence-electron chi connectivity index (χ1n) is 12.6. The first kappa shape index (κ1) is 26.0. The Bertz CT molecular complexity index is 1440. The van der Waals surface area contributed by atoms with Crippen molar-refractivity contribution in [2.24, 2.45) is 0 Å². The lowest BCUT2D eigenvalue weighted by molar-refractivity contribution is 0.0564. The van der Waals surface area contributed by atoms with Crippen LogP contribution in [0, 0.1) is 0 Å². The van der Waals surface area contributed by atoms with Gasteiger partial charge in [0.15, 0.2) is 0 Å². The van der Waals surface area contributed by atoms with Crippen molar-refractivity contribution in [3.05, 3.63) is 47.7 Å². The summed E-state index contributed by atoms with van der Waals surface area (Å²) >= 11 is 0. The first-order valence-corrected chi connectivity index (χ1v) is 14.5. The Balaban J connectivity index is 1.38. The lowest BCUT2D eigenvalue weighted by atomic mass is 10.1. The zero-order valence-corrected chi connectivity index (χ0v) is 22.4. The van der Waals surface area contributed by atoms with E-state index in [0.29, 0.717) is 43.4 Å².